The molecule has 0 atom stereocenters. The summed E-state index contributed by atoms with van der Waals surface area (Å²) in [5, 5.41) is 16.9. The van der Waals surface area contributed by atoms with Crippen LogP contribution in [0.3, 0.4) is 0 Å². The monoisotopic (exact) mass is 268 g/mol. The molecule has 3 rings (SSSR count). The fraction of sp³-hybridized carbons (Fsp3) is 0.0769. The van der Waals surface area contributed by atoms with E-state index in [-0.39, 0.29) is 11.6 Å². The van der Waals surface area contributed by atoms with E-state index in [0.29, 0.717) is 12.2 Å². The first-order valence-electron chi connectivity index (χ1n) is 5.84. The normalized spacial score (nSPS) is 10.4. The Kier molecular flexibility index (Phi) is 2.97. The summed E-state index contributed by atoms with van der Waals surface area (Å²) in [5.74, 6) is -0.191. The predicted molar refractivity (Wildman–Crippen MR) is 67.4 cm³/mol. The molecule has 0 amide bonds. The molecule has 0 aliphatic rings. The molecule has 6 nitrogen and oxygen atoms in total. The lowest BCUT2D eigenvalue weighted by Crippen LogP contribution is -2.03. The average Bonchev–Trinajstić information content (AvgIpc) is 3.08. The number of hydrogen-bond acceptors (Lipinski definition) is 4. The molecule has 0 fully saturated rings. The standard InChI is InChI=1S/C13H9FN6/c14-10-2-1-3-12(6-10)20-5-4-11(17-20)8-19-9-16-13(7-15)18-19/h1-6,9H,8H2. The molecular formula is C13H9FN6. The number of nitriles is 1. The third-order valence-corrected chi connectivity index (χ3v) is 2.68. The minimum atomic E-state index is -0.311. The van der Waals surface area contributed by atoms with Crippen LogP contribution in [0.4, 0.5) is 4.39 Å². The van der Waals surface area contributed by atoms with Crippen molar-refractivity contribution in [2.45, 2.75) is 6.54 Å². The van der Waals surface area contributed by atoms with Crippen LogP contribution >= 0.6 is 0 Å². The zero-order valence-electron chi connectivity index (χ0n) is 10.3. The van der Waals surface area contributed by atoms with Gasteiger partial charge in [0.05, 0.1) is 17.9 Å². The van der Waals surface area contributed by atoms with Crippen LogP contribution in [0.5, 0.6) is 0 Å². The van der Waals surface area contributed by atoms with Gasteiger partial charge in [-0.05, 0) is 24.3 Å². The van der Waals surface area contributed by atoms with Crippen molar-refractivity contribution in [1.29, 1.82) is 5.26 Å². The summed E-state index contributed by atoms with van der Waals surface area (Å²) in [6, 6.07) is 9.84. The van der Waals surface area contributed by atoms with Crippen LogP contribution in [0.15, 0.2) is 42.9 Å². The minimum Gasteiger partial charge on any atom is -0.246 e. The van der Waals surface area contributed by atoms with Gasteiger partial charge in [0.1, 0.15) is 18.2 Å². The molecule has 20 heavy (non-hydrogen) atoms. The van der Waals surface area contributed by atoms with Gasteiger partial charge in [-0.2, -0.15) is 10.4 Å². The maximum Gasteiger partial charge on any atom is 0.252 e. The molecular weight excluding hydrogens is 259 g/mol. The molecule has 0 unspecified atom stereocenters. The van der Waals surface area contributed by atoms with Crippen molar-refractivity contribution >= 4 is 0 Å². The molecule has 2 aromatic heterocycles. The van der Waals surface area contributed by atoms with E-state index in [4.69, 9.17) is 5.26 Å². The summed E-state index contributed by atoms with van der Waals surface area (Å²) in [6.45, 7) is 0.400. The Hall–Kier alpha value is -3.01. The number of benzene rings is 1. The number of aromatic nitrogens is 5. The van der Waals surface area contributed by atoms with E-state index in [1.54, 1.807) is 29.1 Å². The number of nitrogens with zero attached hydrogens (tertiary/aromatic N) is 6. The first kappa shape index (κ1) is 12.0. The second kappa shape index (κ2) is 4.93. The van der Waals surface area contributed by atoms with Gasteiger partial charge in [-0.3, -0.25) is 0 Å². The van der Waals surface area contributed by atoms with Crippen molar-refractivity contribution in [3.63, 3.8) is 0 Å². The van der Waals surface area contributed by atoms with Gasteiger partial charge >= 0.3 is 0 Å². The topological polar surface area (TPSA) is 72.3 Å². The molecule has 0 spiro atoms. The van der Waals surface area contributed by atoms with Crippen LogP contribution in [-0.2, 0) is 6.54 Å². The summed E-state index contributed by atoms with van der Waals surface area (Å²) in [7, 11) is 0. The van der Waals surface area contributed by atoms with Gasteiger partial charge in [0.25, 0.3) is 5.82 Å². The molecule has 0 saturated carbocycles. The fourth-order valence-corrected chi connectivity index (χ4v) is 1.80. The zero-order chi connectivity index (χ0) is 13.9. The van der Waals surface area contributed by atoms with Gasteiger partial charge in [0, 0.05) is 6.20 Å². The van der Waals surface area contributed by atoms with Crippen molar-refractivity contribution in [3.05, 3.63) is 60.2 Å². The Morgan fingerprint density at radius 2 is 2.15 bits per heavy atom. The fourth-order valence-electron chi connectivity index (χ4n) is 1.80. The van der Waals surface area contributed by atoms with E-state index in [1.165, 1.54) is 23.1 Å². The lowest BCUT2D eigenvalue weighted by atomic mass is 10.3. The molecule has 2 heterocycles. The maximum absolute atomic E-state index is 13.2. The van der Waals surface area contributed by atoms with Crippen LogP contribution in [0.2, 0.25) is 0 Å². The summed E-state index contributed by atoms with van der Waals surface area (Å²) >= 11 is 0. The summed E-state index contributed by atoms with van der Waals surface area (Å²) in [4.78, 5) is 3.81. The first-order valence-corrected chi connectivity index (χ1v) is 5.84. The molecule has 0 aliphatic heterocycles. The molecule has 0 aliphatic carbocycles. The van der Waals surface area contributed by atoms with Gasteiger partial charge in [0.15, 0.2) is 0 Å². The van der Waals surface area contributed by atoms with E-state index < -0.39 is 0 Å². The Morgan fingerprint density at radius 3 is 2.90 bits per heavy atom. The van der Waals surface area contributed by atoms with Crippen molar-refractivity contribution in [2.75, 3.05) is 0 Å². The third-order valence-electron chi connectivity index (χ3n) is 2.68. The summed E-state index contributed by atoms with van der Waals surface area (Å²) in [5.41, 5.74) is 1.39. The van der Waals surface area contributed by atoms with E-state index in [0.717, 1.165) is 5.69 Å². The van der Waals surface area contributed by atoms with Crippen molar-refractivity contribution in [1.82, 2.24) is 24.5 Å². The van der Waals surface area contributed by atoms with Crippen LogP contribution in [0, 0.1) is 17.1 Å². The average molecular weight is 268 g/mol. The summed E-state index contributed by atoms with van der Waals surface area (Å²) < 4.78 is 16.3. The van der Waals surface area contributed by atoms with Crippen LogP contribution in [0.25, 0.3) is 5.69 Å². The van der Waals surface area contributed by atoms with Gasteiger partial charge < -0.3 is 0 Å². The van der Waals surface area contributed by atoms with Crippen LogP contribution in [-0.4, -0.2) is 24.5 Å². The molecule has 7 heteroatoms. The quantitative estimate of drug-likeness (QED) is 0.722. The number of halogens is 1. The van der Waals surface area contributed by atoms with E-state index >= 15 is 0 Å². The number of rotatable bonds is 3. The smallest absolute Gasteiger partial charge is 0.246 e. The Labute approximate surface area is 113 Å². The second-order valence-electron chi connectivity index (χ2n) is 4.11. The van der Waals surface area contributed by atoms with E-state index in [2.05, 4.69) is 15.2 Å². The van der Waals surface area contributed by atoms with Crippen LogP contribution in [0.1, 0.15) is 11.5 Å². The van der Waals surface area contributed by atoms with Gasteiger partial charge in [-0.1, -0.05) is 6.07 Å². The Bertz CT molecular complexity index is 782. The molecule has 0 N–H and O–H groups in total. The molecule has 98 valence electrons. The summed E-state index contributed by atoms with van der Waals surface area (Å²) in [6.07, 6.45) is 3.21. The van der Waals surface area contributed by atoms with Crippen molar-refractivity contribution in [3.8, 4) is 11.8 Å². The molecule has 0 radical (unpaired) electrons. The van der Waals surface area contributed by atoms with Gasteiger partial charge in [-0.25, -0.2) is 18.7 Å². The predicted octanol–water partition coefficient (Wildman–Crippen LogP) is 1.52. The molecule has 0 saturated heterocycles. The number of hydrogen-bond donors (Lipinski definition) is 0. The van der Waals surface area contributed by atoms with Gasteiger partial charge in [0.2, 0.25) is 0 Å². The largest absolute Gasteiger partial charge is 0.252 e. The zero-order valence-corrected chi connectivity index (χ0v) is 10.3. The van der Waals surface area contributed by atoms with Crippen LogP contribution < -0.4 is 0 Å². The highest BCUT2D eigenvalue weighted by Gasteiger charge is 2.05. The highest BCUT2D eigenvalue weighted by Crippen LogP contribution is 2.10. The maximum atomic E-state index is 13.2. The minimum absolute atomic E-state index is 0.120. The lowest BCUT2D eigenvalue weighted by Gasteiger charge is -2.01. The molecule has 1 aromatic carbocycles. The Morgan fingerprint density at radius 1 is 1.25 bits per heavy atom. The highest BCUT2D eigenvalue weighted by molar-refractivity contribution is 5.31. The lowest BCUT2D eigenvalue weighted by molar-refractivity contribution is 0.624. The molecule has 0 bridgehead atoms. The van der Waals surface area contributed by atoms with E-state index in [9.17, 15) is 4.39 Å². The van der Waals surface area contributed by atoms with Crippen molar-refractivity contribution < 1.29 is 4.39 Å². The van der Waals surface area contributed by atoms with Gasteiger partial charge in [-0.15, -0.1) is 5.10 Å². The van der Waals surface area contributed by atoms with Crippen molar-refractivity contribution in [2.24, 2.45) is 0 Å². The van der Waals surface area contributed by atoms with E-state index in [1.807, 2.05) is 6.07 Å². The molecule has 3 aromatic rings. The highest BCUT2D eigenvalue weighted by atomic mass is 19.1. The second-order valence-corrected chi connectivity index (χ2v) is 4.11. The first-order chi connectivity index (χ1) is 9.74. The Balaban J connectivity index is 1.82. The SMILES string of the molecule is N#Cc1ncn(Cc2ccn(-c3cccc(F)c3)n2)n1. The third kappa shape index (κ3) is 2.40.